The first kappa shape index (κ1) is 28.2. The van der Waals surface area contributed by atoms with Gasteiger partial charge in [-0.15, -0.1) is 0 Å². The van der Waals surface area contributed by atoms with Crippen molar-refractivity contribution in [1.82, 2.24) is 9.55 Å². The number of benzene rings is 4. The minimum Gasteiger partial charge on any atom is -0.495 e. The zero-order chi connectivity index (χ0) is 29.6. The van der Waals surface area contributed by atoms with Gasteiger partial charge in [-0.2, -0.15) is 0 Å². The van der Waals surface area contributed by atoms with Crippen LogP contribution in [0.4, 0.5) is 17.1 Å². The van der Waals surface area contributed by atoms with E-state index in [0.29, 0.717) is 50.3 Å². The fraction of sp³-hybridized carbons (Fsp3) is 0.100. The molecular formula is C30H25N5O6S. The summed E-state index contributed by atoms with van der Waals surface area (Å²) in [7, 11) is 3.08. The fourth-order valence-electron chi connectivity index (χ4n) is 4.28. The van der Waals surface area contributed by atoms with E-state index in [0.717, 1.165) is 0 Å². The molecule has 1 heterocycles. The highest BCUT2D eigenvalue weighted by molar-refractivity contribution is 7.99. The number of fused-ring (bicyclic) bond motifs is 1. The van der Waals surface area contributed by atoms with Crippen molar-refractivity contribution >= 4 is 51.7 Å². The summed E-state index contributed by atoms with van der Waals surface area (Å²) in [5, 5.41) is 17.4. The van der Waals surface area contributed by atoms with E-state index in [1.165, 1.54) is 31.0 Å². The second kappa shape index (κ2) is 12.4. The predicted octanol–water partition coefficient (Wildman–Crippen LogP) is 5.93. The quantitative estimate of drug-likeness (QED) is 0.117. The van der Waals surface area contributed by atoms with Gasteiger partial charge in [-0.3, -0.25) is 24.3 Å². The minimum atomic E-state index is -0.477. The SMILES string of the molecule is COc1ccccc1NC(=O)c1ccc(NC(=O)CSc2nc3cc([N+](=O)[O-])ccc3n2-c2ccccc2OC)cc1. The van der Waals surface area contributed by atoms with Crippen LogP contribution in [0.25, 0.3) is 16.7 Å². The van der Waals surface area contributed by atoms with Crippen LogP contribution in [0.3, 0.4) is 0 Å². The van der Waals surface area contributed by atoms with E-state index < -0.39 is 4.92 Å². The maximum absolute atomic E-state index is 12.9. The van der Waals surface area contributed by atoms with Gasteiger partial charge in [0.05, 0.1) is 47.3 Å². The van der Waals surface area contributed by atoms with E-state index in [-0.39, 0.29) is 23.3 Å². The molecule has 0 saturated heterocycles. The Kier molecular flexibility index (Phi) is 8.34. The Morgan fingerprint density at radius 2 is 1.60 bits per heavy atom. The van der Waals surface area contributed by atoms with Gasteiger partial charge in [-0.1, -0.05) is 36.0 Å². The summed E-state index contributed by atoms with van der Waals surface area (Å²) in [6, 6.07) is 25.4. The van der Waals surface area contributed by atoms with Gasteiger partial charge in [0.1, 0.15) is 11.5 Å². The van der Waals surface area contributed by atoms with Gasteiger partial charge in [0, 0.05) is 23.4 Å². The summed E-state index contributed by atoms with van der Waals surface area (Å²) < 4.78 is 12.6. The normalized spacial score (nSPS) is 10.7. The topological polar surface area (TPSA) is 138 Å². The van der Waals surface area contributed by atoms with Crippen LogP contribution in [-0.2, 0) is 4.79 Å². The molecule has 5 aromatic rings. The Labute approximate surface area is 244 Å². The molecule has 0 saturated carbocycles. The zero-order valence-electron chi connectivity index (χ0n) is 22.6. The average molecular weight is 584 g/mol. The van der Waals surface area contributed by atoms with E-state index in [9.17, 15) is 19.7 Å². The number of hydrogen-bond acceptors (Lipinski definition) is 8. The summed E-state index contributed by atoms with van der Waals surface area (Å²) in [6.45, 7) is 0. The number of non-ortho nitro benzene ring substituents is 1. The largest absolute Gasteiger partial charge is 0.495 e. The molecule has 11 nitrogen and oxygen atoms in total. The first-order valence-corrected chi connectivity index (χ1v) is 13.6. The second-order valence-corrected chi connectivity index (χ2v) is 9.84. The number of hydrogen-bond donors (Lipinski definition) is 2. The summed E-state index contributed by atoms with van der Waals surface area (Å²) in [5.41, 5.74) is 3.13. The van der Waals surface area contributed by atoms with Gasteiger partial charge in [0.15, 0.2) is 5.16 Å². The van der Waals surface area contributed by atoms with Crippen molar-refractivity contribution in [2.75, 3.05) is 30.6 Å². The summed E-state index contributed by atoms with van der Waals surface area (Å²) in [4.78, 5) is 41.0. The Morgan fingerprint density at radius 1 is 0.905 bits per heavy atom. The molecule has 0 fully saturated rings. The van der Waals surface area contributed by atoms with E-state index in [1.54, 1.807) is 61.7 Å². The summed E-state index contributed by atoms with van der Waals surface area (Å²) in [5.74, 6) is 0.525. The Balaban J connectivity index is 1.31. The third-order valence-corrected chi connectivity index (χ3v) is 7.20. The highest BCUT2D eigenvalue weighted by Crippen LogP contribution is 2.34. The average Bonchev–Trinajstić information content (AvgIpc) is 3.38. The van der Waals surface area contributed by atoms with Crippen molar-refractivity contribution in [1.29, 1.82) is 0 Å². The number of thioether (sulfide) groups is 1. The van der Waals surface area contributed by atoms with Crippen molar-refractivity contribution in [2.45, 2.75) is 5.16 Å². The maximum atomic E-state index is 12.9. The molecule has 42 heavy (non-hydrogen) atoms. The molecule has 0 aliphatic rings. The molecule has 0 aliphatic heterocycles. The number of nitro groups is 1. The van der Waals surface area contributed by atoms with Crippen LogP contribution < -0.4 is 20.1 Å². The Bertz CT molecular complexity index is 1790. The van der Waals surface area contributed by atoms with Gasteiger partial charge >= 0.3 is 0 Å². The van der Waals surface area contributed by atoms with Crippen molar-refractivity contribution in [3.8, 4) is 17.2 Å². The molecule has 0 unspecified atom stereocenters. The highest BCUT2D eigenvalue weighted by Gasteiger charge is 2.19. The first-order valence-electron chi connectivity index (χ1n) is 12.7. The number of anilines is 2. The molecule has 0 aliphatic carbocycles. The van der Waals surface area contributed by atoms with Crippen LogP contribution >= 0.6 is 11.8 Å². The van der Waals surface area contributed by atoms with Crippen molar-refractivity contribution in [2.24, 2.45) is 0 Å². The van der Waals surface area contributed by atoms with Crippen LogP contribution in [-0.4, -0.2) is 46.3 Å². The molecule has 0 spiro atoms. The summed E-state index contributed by atoms with van der Waals surface area (Å²) >= 11 is 1.18. The molecule has 5 rings (SSSR count). The molecule has 0 bridgehead atoms. The van der Waals surface area contributed by atoms with E-state index >= 15 is 0 Å². The predicted molar refractivity (Wildman–Crippen MR) is 161 cm³/mol. The van der Waals surface area contributed by atoms with Crippen LogP contribution in [0.2, 0.25) is 0 Å². The van der Waals surface area contributed by atoms with Crippen molar-refractivity contribution in [3.63, 3.8) is 0 Å². The van der Waals surface area contributed by atoms with Crippen LogP contribution in [0, 0.1) is 10.1 Å². The molecule has 4 aromatic carbocycles. The number of aromatic nitrogens is 2. The van der Waals surface area contributed by atoms with Gasteiger partial charge in [-0.05, 0) is 54.6 Å². The van der Waals surface area contributed by atoms with E-state index in [1.807, 2.05) is 28.8 Å². The standard InChI is InChI=1S/C30H25N5O6S/c1-40-26-9-5-3-7-22(26)32-29(37)19-11-13-20(14-12-19)31-28(36)18-42-30-33-23-17-21(35(38)39)15-16-24(23)34(30)25-8-4-6-10-27(25)41-2/h3-17H,18H2,1-2H3,(H,31,36)(H,32,37). The second-order valence-electron chi connectivity index (χ2n) is 8.90. The maximum Gasteiger partial charge on any atom is 0.271 e. The van der Waals surface area contributed by atoms with Crippen molar-refractivity contribution < 1.29 is 24.0 Å². The number of ether oxygens (including phenoxy) is 2. The number of carbonyl (C=O) groups is 2. The molecule has 12 heteroatoms. The number of nitrogens with zero attached hydrogens (tertiary/aromatic N) is 3. The lowest BCUT2D eigenvalue weighted by Gasteiger charge is -2.13. The van der Waals surface area contributed by atoms with Crippen molar-refractivity contribution in [3.05, 3.63) is 107 Å². The number of carbonyl (C=O) groups excluding carboxylic acids is 2. The van der Waals surface area contributed by atoms with Gasteiger partial charge < -0.3 is 20.1 Å². The number of nitrogens with one attached hydrogen (secondary N) is 2. The third kappa shape index (κ3) is 6.03. The number of nitro benzene ring substituents is 1. The number of amides is 2. The van der Waals surface area contributed by atoms with E-state index in [2.05, 4.69) is 15.6 Å². The van der Waals surface area contributed by atoms with Gasteiger partial charge in [-0.25, -0.2) is 4.98 Å². The highest BCUT2D eigenvalue weighted by atomic mass is 32.2. The molecular weight excluding hydrogens is 558 g/mol. The van der Waals surface area contributed by atoms with Gasteiger partial charge in [0.2, 0.25) is 5.91 Å². The Morgan fingerprint density at radius 3 is 2.31 bits per heavy atom. The molecule has 2 amide bonds. The van der Waals surface area contributed by atoms with Gasteiger partial charge in [0.25, 0.3) is 11.6 Å². The lowest BCUT2D eigenvalue weighted by atomic mass is 10.2. The van der Waals surface area contributed by atoms with Crippen LogP contribution in [0.15, 0.2) is 96.2 Å². The molecule has 212 valence electrons. The molecule has 1 aromatic heterocycles. The van der Waals surface area contributed by atoms with Crippen LogP contribution in [0.5, 0.6) is 11.5 Å². The number of methoxy groups -OCH3 is 2. The third-order valence-electron chi connectivity index (χ3n) is 6.26. The summed E-state index contributed by atoms with van der Waals surface area (Å²) in [6.07, 6.45) is 0. The lowest BCUT2D eigenvalue weighted by molar-refractivity contribution is -0.384. The first-order chi connectivity index (χ1) is 20.4. The molecule has 2 N–H and O–H groups in total. The smallest absolute Gasteiger partial charge is 0.271 e. The monoisotopic (exact) mass is 583 g/mol. The van der Waals surface area contributed by atoms with Crippen LogP contribution in [0.1, 0.15) is 10.4 Å². The number of para-hydroxylation sites is 4. The molecule has 0 atom stereocenters. The zero-order valence-corrected chi connectivity index (χ0v) is 23.4. The minimum absolute atomic E-state index is 0.0105. The number of imidazole rings is 1. The van der Waals surface area contributed by atoms with E-state index in [4.69, 9.17) is 9.47 Å². The molecule has 0 radical (unpaired) electrons. The number of rotatable bonds is 10. The lowest BCUT2D eigenvalue weighted by Crippen LogP contribution is -2.15. The fourth-order valence-corrected chi connectivity index (χ4v) is 5.10. The Hall–Kier alpha value is -5.36.